The topological polar surface area (TPSA) is 63.2 Å². The lowest BCUT2D eigenvalue weighted by Crippen LogP contribution is -2.32. The number of thiazole rings is 1. The van der Waals surface area contributed by atoms with E-state index in [2.05, 4.69) is 15.6 Å². The Kier molecular flexibility index (Phi) is 5.77. The Hall–Kier alpha value is -2.13. The molecule has 0 radical (unpaired) electrons. The van der Waals surface area contributed by atoms with Gasteiger partial charge in [0.15, 0.2) is 5.13 Å². The molecule has 2 N–H and O–H groups in total. The molecule has 1 aromatic carbocycles. The minimum absolute atomic E-state index is 0.0764. The molecule has 26 heavy (non-hydrogen) atoms. The van der Waals surface area contributed by atoms with Crippen LogP contribution in [0.5, 0.6) is 0 Å². The predicted molar refractivity (Wildman–Crippen MR) is 92.5 cm³/mol. The number of benzene rings is 1. The number of aromatic nitrogens is 1. The molecule has 1 aliphatic heterocycles. The van der Waals surface area contributed by atoms with E-state index in [1.165, 1.54) is 23.5 Å². The average molecular weight is 385 g/mol. The summed E-state index contributed by atoms with van der Waals surface area (Å²) in [5.74, 6) is -0.156. The molecule has 2 aromatic rings. The van der Waals surface area contributed by atoms with Crippen molar-refractivity contribution in [2.75, 3.05) is 18.5 Å². The van der Waals surface area contributed by atoms with Crippen molar-refractivity contribution >= 4 is 28.1 Å². The molecule has 1 amide bonds. The molecule has 9 heteroatoms. The molecule has 140 valence electrons. The van der Waals surface area contributed by atoms with E-state index in [-0.39, 0.29) is 18.4 Å². The van der Waals surface area contributed by atoms with Crippen LogP contribution < -0.4 is 10.6 Å². The van der Waals surface area contributed by atoms with E-state index in [0.29, 0.717) is 23.1 Å². The number of carbonyl (C=O) groups excluding carboxylic acids is 1. The van der Waals surface area contributed by atoms with E-state index < -0.39 is 11.7 Å². The number of rotatable bonds is 6. The standard InChI is InChI=1S/C17H18F3N3O2S/c18-17(19,20)11-3-1-4-12(7-11)22-16-23-13(10-26-16)8-15(24)21-9-14-5-2-6-25-14/h1,3-4,7,10,14H,2,5-6,8-9H2,(H,21,24)(H,22,23). The zero-order chi connectivity index (χ0) is 18.6. The fourth-order valence-electron chi connectivity index (χ4n) is 2.60. The van der Waals surface area contributed by atoms with E-state index in [1.807, 2.05) is 0 Å². The van der Waals surface area contributed by atoms with E-state index in [1.54, 1.807) is 5.38 Å². The summed E-state index contributed by atoms with van der Waals surface area (Å²) in [4.78, 5) is 16.2. The highest BCUT2D eigenvalue weighted by molar-refractivity contribution is 7.13. The van der Waals surface area contributed by atoms with Crippen LogP contribution in [0.4, 0.5) is 24.0 Å². The summed E-state index contributed by atoms with van der Waals surface area (Å²) < 4.78 is 43.7. The van der Waals surface area contributed by atoms with E-state index in [9.17, 15) is 18.0 Å². The summed E-state index contributed by atoms with van der Waals surface area (Å²) in [5, 5.41) is 7.80. The van der Waals surface area contributed by atoms with Gasteiger partial charge in [0, 0.05) is 24.2 Å². The molecule has 5 nitrogen and oxygen atoms in total. The second-order valence-electron chi connectivity index (χ2n) is 5.96. The van der Waals surface area contributed by atoms with Gasteiger partial charge in [-0.1, -0.05) is 6.07 Å². The monoisotopic (exact) mass is 385 g/mol. The van der Waals surface area contributed by atoms with Crippen LogP contribution in [-0.4, -0.2) is 30.1 Å². The summed E-state index contributed by atoms with van der Waals surface area (Å²) in [5.41, 5.74) is 0.130. The van der Waals surface area contributed by atoms with Gasteiger partial charge in [-0.3, -0.25) is 4.79 Å². The van der Waals surface area contributed by atoms with E-state index in [4.69, 9.17) is 4.74 Å². The largest absolute Gasteiger partial charge is 0.416 e. The number of hydrogen-bond acceptors (Lipinski definition) is 5. The lowest BCUT2D eigenvalue weighted by Gasteiger charge is -2.10. The van der Waals surface area contributed by atoms with Crippen molar-refractivity contribution in [3.63, 3.8) is 0 Å². The number of halogens is 3. The smallest absolute Gasteiger partial charge is 0.376 e. The molecular weight excluding hydrogens is 367 g/mol. The fraction of sp³-hybridized carbons (Fsp3) is 0.412. The van der Waals surface area contributed by atoms with Crippen LogP contribution in [0.2, 0.25) is 0 Å². The molecule has 0 saturated carbocycles. The number of nitrogens with one attached hydrogen (secondary N) is 2. The van der Waals surface area contributed by atoms with Gasteiger partial charge in [-0.25, -0.2) is 4.98 Å². The van der Waals surface area contributed by atoms with Gasteiger partial charge in [0.1, 0.15) is 0 Å². The Morgan fingerprint density at radius 2 is 2.23 bits per heavy atom. The van der Waals surface area contributed by atoms with Crippen LogP contribution in [0, 0.1) is 0 Å². The van der Waals surface area contributed by atoms with Gasteiger partial charge in [0.25, 0.3) is 0 Å². The van der Waals surface area contributed by atoms with Crippen molar-refractivity contribution in [3.8, 4) is 0 Å². The summed E-state index contributed by atoms with van der Waals surface area (Å²) in [6.07, 6.45) is -2.24. The first-order valence-electron chi connectivity index (χ1n) is 8.17. The van der Waals surface area contributed by atoms with Crippen molar-refractivity contribution in [1.82, 2.24) is 10.3 Å². The van der Waals surface area contributed by atoms with Crippen LogP contribution >= 0.6 is 11.3 Å². The molecule has 3 rings (SSSR count). The van der Waals surface area contributed by atoms with Crippen molar-refractivity contribution < 1.29 is 22.7 Å². The highest BCUT2D eigenvalue weighted by Crippen LogP contribution is 2.31. The molecule has 1 unspecified atom stereocenters. The SMILES string of the molecule is O=C(Cc1csc(Nc2cccc(C(F)(F)F)c2)n1)NCC1CCCO1. The number of nitrogens with zero attached hydrogens (tertiary/aromatic N) is 1. The first kappa shape index (κ1) is 18.7. The zero-order valence-corrected chi connectivity index (χ0v) is 14.6. The zero-order valence-electron chi connectivity index (χ0n) is 13.8. The Bertz CT molecular complexity index is 758. The first-order valence-corrected chi connectivity index (χ1v) is 9.05. The average Bonchev–Trinajstić information content (AvgIpc) is 3.24. The number of anilines is 2. The van der Waals surface area contributed by atoms with Crippen LogP contribution in [-0.2, 0) is 22.1 Å². The Balaban J connectivity index is 1.53. The maximum Gasteiger partial charge on any atom is 0.416 e. The lowest BCUT2D eigenvalue weighted by molar-refractivity contribution is -0.137. The summed E-state index contributed by atoms with van der Waals surface area (Å²) in [6, 6.07) is 4.90. The third-order valence-electron chi connectivity index (χ3n) is 3.89. The van der Waals surface area contributed by atoms with E-state index >= 15 is 0 Å². The molecule has 0 bridgehead atoms. The summed E-state index contributed by atoms with van der Waals surface area (Å²) in [6.45, 7) is 1.22. The van der Waals surface area contributed by atoms with Crippen LogP contribution in [0.25, 0.3) is 0 Å². The molecule has 1 aromatic heterocycles. The highest BCUT2D eigenvalue weighted by Gasteiger charge is 2.30. The summed E-state index contributed by atoms with van der Waals surface area (Å²) >= 11 is 1.23. The van der Waals surface area contributed by atoms with E-state index in [0.717, 1.165) is 31.6 Å². The summed E-state index contributed by atoms with van der Waals surface area (Å²) in [7, 11) is 0. The van der Waals surface area contributed by atoms with Crippen molar-refractivity contribution in [1.29, 1.82) is 0 Å². The molecule has 0 aliphatic carbocycles. The normalized spacial score (nSPS) is 17.3. The molecule has 1 atom stereocenters. The minimum Gasteiger partial charge on any atom is -0.376 e. The number of carbonyl (C=O) groups is 1. The Labute approximate surface area is 152 Å². The second-order valence-corrected chi connectivity index (χ2v) is 6.82. The maximum absolute atomic E-state index is 12.7. The highest BCUT2D eigenvalue weighted by atomic mass is 32.1. The van der Waals surface area contributed by atoms with Crippen LogP contribution in [0.3, 0.4) is 0 Å². The van der Waals surface area contributed by atoms with Crippen LogP contribution in [0.15, 0.2) is 29.6 Å². The number of ether oxygens (including phenoxy) is 1. The number of hydrogen-bond donors (Lipinski definition) is 2. The molecular formula is C17H18F3N3O2S. The van der Waals surface area contributed by atoms with Gasteiger partial charge in [-0.2, -0.15) is 13.2 Å². The fourth-order valence-corrected chi connectivity index (χ4v) is 3.33. The van der Waals surface area contributed by atoms with Gasteiger partial charge < -0.3 is 15.4 Å². The van der Waals surface area contributed by atoms with Gasteiger partial charge in [-0.05, 0) is 31.0 Å². The maximum atomic E-state index is 12.7. The van der Waals surface area contributed by atoms with Gasteiger partial charge in [-0.15, -0.1) is 11.3 Å². The molecule has 1 fully saturated rings. The Morgan fingerprint density at radius 1 is 1.38 bits per heavy atom. The van der Waals surface area contributed by atoms with Gasteiger partial charge >= 0.3 is 6.18 Å². The third kappa shape index (κ3) is 5.18. The quantitative estimate of drug-likeness (QED) is 0.795. The third-order valence-corrected chi connectivity index (χ3v) is 4.69. The second kappa shape index (κ2) is 8.05. The molecule has 0 spiro atoms. The molecule has 1 aliphatic rings. The van der Waals surface area contributed by atoms with Crippen molar-refractivity contribution in [3.05, 3.63) is 40.9 Å². The van der Waals surface area contributed by atoms with Crippen LogP contribution in [0.1, 0.15) is 24.1 Å². The first-order chi connectivity index (χ1) is 12.4. The minimum atomic E-state index is -4.40. The number of alkyl halides is 3. The lowest BCUT2D eigenvalue weighted by atomic mass is 10.2. The Morgan fingerprint density at radius 3 is 2.96 bits per heavy atom. The molecule has 2 heterocycles. The van der Waals surface area contributed by atoms with Gasteiger partial charge in [0.05, 0.1) is 23.8 Å². The predicted octanol–water partition coefficient (Wildman–Crippen LogP) is 3.74. The van der Waals surface area contributed by atoms with Crippen molar-refractivity contribution in [2.45, 2.75) is 31.5 Å². The van der Waals surface area contributed by atoms with Gasteiger partial charge in [0.2, 0.25) is 5.91 Å². The van der Waals surface area contributed by atoms with Crippen molar-refractivity contribution in [2.24, 2.45) is 0 Å². The number of amides is 1. The molecule has 1 saturated heterocycles.